The highest BCUT2D eigenvalue weighted by Crippen LogP contribution is 2.68. The summed E-state index contributed by atoms with van der Waals surface area (Å²) in [7, 11) is 0. The van der Waals surface area contributed by atoms with Gasteiger partial charge in [0, 0.05) is 11.8 Å². The molecule has 1 heterocycles. The number of fused-ring (bicyclic) bond motifs is 2. The molecule has 2 bridgehead atoms. The quantitative estimate of drug-likeness (QED) is 0.538. The predicted octanol–water partition coefficient (Wildman–Crippen LogP) is 3.32. The molecule has 1 saturated heterocycles. The zero-order valence-corrected chi connectivity index (χ0v) is 8.44. The van der Waals surface area contributed by atoms with Crippen LogP contribution in [0.4, 0.5) is 0 Å². The van der Waals surface area contributed by atoms with Crippen molar-refractivity contribution in [3.8, 4) is 0 Å². The van der Waals surface area contributed by atoms with E-state index in [1.54, 1.807) is 0 Å². The van der Waals surface area contributed by atoms with E-state index in [1.165, 1.54) is 6.42 Å². The SMILES string of the molecule is CC1C[C@@H]2C[C@@H](C1)P(=O)(Cl)C2. The van der Waals surface area contributed by atoms with Crippen LogP contribution in [0.3, 0.4) is 0 Å². The van der Waals surface area contributed by atoms with Gasteiger partial charge >= 0.3 is 0 Å². The smallest absolute Gasteiger partial charge is 0.172 e. The van der Waals surface area contributed by atoms with E-state index in [0.29, 0.717) is 11.6 Å². The fraction of sp³-hybridized carbons (Fsp3) is 1.00. The summed E-state index contributed by atoms with van der Waals surface area (Å²) in [6.07, 6.45) is 4.33. The average Bonchev–Trinajstić information content (AvgIpc) is 2.02. The lowest BCUT2D eigenvalue weighted by Crippen LogP contribution is -2.16. The van der Waals surface area contributed by atoms with Gasteiger partial charge in [0.25, 0.3) is 0 Å². The highest BCUT2D eigenvalue weighted by atomic mass is 35.7. The largest absolute Gasteiger partial charge is 0.306 e. The Morgan fingerprint density at radius 3 is 2.73 bits per heavy atom. The van der Waals surface area contributed by atoms with Crippen LogP contribution >= 0.6 is 17.7 Å². The van der Waals surface area contributed by atoms with Gasteiger partial charge in [0.1, 0.15) is 0 Å². The molecule has 11 heavy (non-hydrogen) atoms. The Morgan fingerprint density at radius 2 is 2.09 bits per heavy atom. The van der Waals surface area contributed by atoms with Crippen molar-refractivity contribution in [3.05, 3.63) is 0 Å². The van der Waals surface area contributed by atoms with Crippen molar-refractivity contribution in [2.24, 2.45) is 11.8 Å². The molecule has 0 aromatic rings. The minimum absolute atomic E-state index is 0.373. The second-order valence-electron chi connectivity index (χ2n) is 4.22. The van der Waals surface area contributed by atoms with Crippen LogP contribution in [0.15, 0.2) is 0 Å². The molecule has 2 rings (SSSR count). The van der Waals surface area contributed by atoms with Crippen molar-refractivity contribution < 1.29 is 4.57 Å². The van der Waals surface area contributed by atoms with Gasteiger partial charge in [-0.1, -0.05) is 18.2 Å². The summed E-state index contributed by atoms with van der Waals surface area (Å²) in [6, 6.07) is 0. The summed E-state index contributed by atoms with van der Waals surface area (Å²) in [5.74, 6) is 1.44. The van der Waals surface area contributed by atoms with E-state index < -0.39 is 6.49 Å². The summed E-state index contributed by atoms with van der Waals surface area (Å²) in [5.41, 5.74) is 0.373. The Kier molecular flexibility index (Phi) is 1.85. The second kappa shape index (κ2) is 2.50. The average molecular weight is 193 g/mol. The van der Waals surface area contributed by atoms with E-state index in [0.717, 1.165) is 24.9 Å². The summed E-state index contributed by atoms with van der Waals surface area (Å²) in [6.45, 7) is 0.0392. The van der Waals surface area contributed by atoms with Gasteiger partial charge in [0.05, 0.1) is 0 Å². The molecule has 0 aromatic carbocycles. The fourth-order valence-electron chi connectivity index (χ4n) is 2.67. The first-order chi connectivity index (χ1) is 5.08. The van der Waals surface area contributed by atoms with Gasteiger partial charge in [0.2, 0.25) is 0 Å². The van der Waals surface area contributed by atoms with Crippen molar-refractivity contribution in [2.75, 3.05) is 6.16 Å². The van der Waals surface area contributed by atoms with Crippen LogP contribution in [-0.4, -0.2) is 11.8 Å². The highest BCUT2D eigenvalue weighted by molar-refractivity contribution is 7.90. The minimum atomic E-state index is -2.21. The number of hydrogen-bond donors (Lipinski definition) is 0. The van der Waals surface area contributed by atoms with Crippen molar-refractivity contribution in [1.29, 1.82) is 0 Å². The zero-order chi connectivity index (χ0) is 8.06. The number of hydrogen-bond acceptors (Lipinski definition) is 1. The molecule has 2 aliphatic rings. The lowest BCUT2D eigenvalue weighted by Gasteiger charge is -2.23. The Labute approximate surface area is 72.7 Å². The summed E-state index contributed by atoms with van der Waals surface area (Å²) >= 11 is 5.99. The molecule has 2 fully saturated rings. The highest BCUT2D eigenvalue weighted by Gasteiger charge is 2.45. The third-order valence-electron chi connectivity index (χ3n) is 3.07. The van der Waals surface area contributed by atoms with E-state index in [9.17, 15) is 4.57 Å². The molecule has 1 nitrogen and oxygen atoms in total. The molecule has 1 aliphatic heterocycles. The van der Waals surface area contributed by atoms with Crippen LogP contribution in [0.25, 0.3) is 0 Å². The fourth-order valence-corrected chi connectivity index (χ4v) is 6.32. The molecule has 0 N–H and O–H groups in total. The van der Waals surface area contributed by atoms with Gasteiger partial charge in [-0.05, 0) is 31.1 Å². The Morgan fingerprint density at radius 1 is 1.36 bits per heavy atom. The topological polar surface area (TPSA) is 17.1 Å². The maximum atomic E-state index is 11.7. The lowest BCUT2D eigenvalue weighted by atomic mass is 9.84. The molecule has 2 unspecified atom stereocenters. The maximum Gasteiger partial charge on any atom is 0.172 e. The molecule has 0 amide bonds. The molecule has 0 spiro atoms. The van der Waals surface area contributed by atoms with E-state index in [2.05, 4.69) is 6.92 Å². The molecule has 0 radical (unpaired) electrons. The van der Waals surface area contributed by atoms with Gasteiger partial charge in [-0.3, -0.25) is 0 Å². The molecule has 3 heteroatoms. The third kappa shape index (κ3) is 1.38. The molecular formula is C8H14ClOP. The van der Waals surface area contributed by atoms with Crippen LogP contribution < -0.4 is 0 Å². The van der Waals surface area contributed by atoms with Gasteiger partial charge in [-0.25, -0.2) is 0 Å². The Bertz CT molecular complexity index is 216. The summed E-state index contributed by atoms with van der Waals surface area (Å²) in [4.78, 5) is 0. The molecule has 4 atom stereocenters. The van der Waals surface area contributed by atoms with Crippen molar-refractivity contribution in [1.82, 2.24) is 0 Å². The summed E-state index contributed by atoms with van der Waals surface area (Å²) < 4.78 is 11.7. The molecule has 64 valence electrons. The Balaban J connectivity index is 2.21. The van der Waals surface area contributed by atoms with Crippen LogP contribution in [0.2, 0.25) is 0 Å². The first-order valence-electron chi connectivity index (χ1n) is 4.36. The van der Waals surface area contributed by atoms with E-state index >= 15 is 0 Å². The van der Waals surface area contributed by atoms with Gasteiger partial charge in [-0.2, -0.15) is 0 Å². The summed E-state index contributed by atoms with van der Waals surface area (Å²) in [5, 5.41) is 0. The lowest BCUT2D eigenvalue weighted by molar-refractivity contribution is 0.328. The van der Waals surface area contributed by atoms with Crippen molar-refractivity contribution in [2.45, 2.75) is 31.8 Å². The van der Waals surface area contributed by atoms with Gasteiger partial charge < -0.3 is 4.57 Å². The van der Waals surface area contributed by atoms with Gasteiger partial charge in [-0.15, -0.1) is 0 Å². The predicted molar refractivity (Wildman–Crippen MR) is 48.6 cm³/mol. The maximum absolute atomic E-state index is 11.7. The monoisotopic (exact) mass is 192 g/mol. The molecule has 1 aliphatic carbocycles. The molecular weight excluding hydrogens is 179 g/mol. The second-order valence-corrected chi connectivity index (χ2v) is 8.44. The third-order valence-corrected chi connectivity index (χ3v) is 6.84. The van der Waals surface area contributed by atoms with Crippen LogP contribution in [0, 0.1) is 11.8 Å². The van der Waals surface area contributed by atoms with Crippen molar-refractivity contribution >= 4 is 17.7 Å². The van der Waals surface area contributed by atoms with E-state index in [1.807, 2.05) is 0 Å². The van der Waals surface area contributed by atoms with Crippen LogP contribution in [0.1, 0.15) is 26.2 Å². The number of halogens is 1. The number of rotatable bonds is 0. The molecule has 0 aromatic heterocycles. The first kappa shape index (κ1) is 8.13. The van der Waals surface area contributed by atoms with Crippen LogP contribution in [-0.2, 0) is 4.57 Å². The normalized spacial score (nSPS) is 56.4. The Hall–Kier alpha value is 0.520. The minimum Gasteiger partial charge on any atom is -0.306 e. The zero-order valence-electron chi connectivity index (χ0n) is 6.79. The van der Waals surface area contributed by atoms with E-state index in [4.69, 9.17) is 11.2 Å². The van der Waals surface area contributed by atoms with Crippen LogP contribution in [0.5, 0.6) is 0 Å². The first-order valence-corrected chi connectivity index (χ1v) is 7.23. The molecule has 1 saturated carbocycles. The van der Waals surface area contributed by atoms with Crippen molar-refractivity contribution in [3.63, 3.8) is 0 Å². The standard InChI is InChI=1S/C8H14ClOP/c1-6-2-7-4-8(3-6)11(9,10)5-7/h6-8H,2-5H2,1H3/t6?,7-,8-,11?/m1/s1. The van der Waals surface area contributed by atoms with E-state index in [-0.39, 0.29) is 0 Å². The van der Waals surface area contributed by atoms with Gasteiger partial charge in [0.15, 0.2) is 6.49 Å².